The average molecular weight is 287 g/mol. The summed E-state index contributed by atoms with van der Waals surface area (Å²) in [4.78, 5) is 19.4. The molecule has 0 aliphatic carbocycles. The molecule has 0 bridgehead atoms. The van der Waals surface area contributed by atoms with Gasteiger partial charge in [0, 0.05) is 6.54 Å². The lowest BCUT2D eigenvalue weighted by Crippen LogP contribution is -2.11. The van der Waals surface area contributed by atoms with Gasteiger partial charge in [-0.2, -0.15) is 0 Å². The molecule has 0 radical (unpaired) electrons. The molecule has 0 aliphatic heterocycles. The van der Waals surface area contributed by atoms with Crippen LogP contribution in [-0.4, -0.2) is 36.2 Å². The van der Waals surface area contributed by atoms with Crippen molar-refractivity contribution in [1.82, 2.24) is 9.97 Å². The van der Waals surface area contributed by atoms with Crippen molar-refractivity contribution in [2.24, 2.45) is 0 Å². The minimum atomic E-state index is -0.501. The molecule has 0 amide bonds. The van der Waals surface area contributed by atoms with Gasteiger partial charge < -0.3 is 14.8 Å². The fraction of sp³-hybridized carbons (Fsp3) is 0.267. The van der Waals surface area contributed by atoms with E-state index in [0.29, 0.717) is 19.0 Å². The lowest BCUT2D eigenvalue weighted by atomic mass is 10.3. The highest BCUT2D eigenvalue weighted by Gasteiger charge is 2.07. The van der Waals surface area contributed by atoms with Gasteiger partial charge in [0.2, 0.25) is 0 Å². The number of methoxy groups -OCH3 is 1. The number of para-hydroxylation sites is 1. The molecule has 6 heteroatoms. The zero-order chi connectivity index (χ0) is 14.9. The Bertz CT molecular complexity index is 575. The van der Waals surface area contributed by atoms with Crippen molar-refractivity contribution in [3.63, 3.8) is 0 Å². The number of carbonyl (C=O) groups excluding carboxylic acids is 1. The molecule has 0 saturated carbocycles. The first kappa shape index (κ1) is 14.8. The van der Waals surface area contributed by atoms with Crippen LogP contribution in [0.4, 0.5) is 5.82 Å². The topological polar surface area (TPSA) is 73.3 Å². The molecule has 21 heavy (non-hydrogen) atoms. The number of hydrogen-bond acceptors (Lipinski definition) is 6. The number of nitrogens with zero attached hydrogens (tertiary/aromatic N) is 2. The fourth-order valence-corrected chi connectivity index (χ4v) is 1.65. The van der Waals surface area contributed by atoms with E-state index >= 15 is 0 Å². The van der Waals surface area contributed by atoms with E-state index in [2.05, 4.69) is 20.0 Å². The van der Waals surface area contributed by atoms with Gasteiger partial charge >= 0.3 is 5.97 Å². The van der Waals surface area contributed by atoms with Crippen LogP contribution < -0.4 is 10.1 Å². The Morgan fingerprint density at radius 2 is 2.05 bits per heavy atom. The van der Waals surface area contributed by atoms with Gasteiger partial charge in [0.25, 0.3) is 0 Å². The summed E-state index contributed by atoms with van der Waals surface area (Å²) in [7, 11) is 1.31. The van der Waals surface area contributed by atoms with E-state index in [1.54, 1.807) is 6.20 Å². The van der Waals surface area contributed by atoms with Crippen molar-refractivity contribution in [2.45, 2.75) is 6.42 Å². The molecule has 1 N–H and O–H groups in total. The van der Waals surface area contributed by atoms with E-state index in [4.69, 9.17) is 4.74 Å². The smallest absolute Gasteiger partial charge is 0.358 e. The van der Waals surface area contributed by atoms with Gasteiger partial charge in [-0.25, -0.2) is 9.78 Å². The standard InChI is InChI=1S/C15H17N3O3/c1-20-15(19)13-10-16-11-14(18-13)17-8-5-9-21-12-6-3-2-4-7-12/h2-4,6-7,10-11H,5,8-9H2,1H3,(H,17,18). The quantitative estimate of drug-likeness (QED) is 0.621. The second-order valence-corrected chi connectivity index (χ2v) is 4.22. The molecule has 110 valence electrons. The van der Waals surface area contributed by atoms with Crippen LogP contribution in [0.1, 0.15) is 16.9 Å². The van der Waals surface area contributed by atoms with Crippen LogP contribution in [-0.2, 0) is 4.74 Å². The summed E-state index contributed by atoms with van der Waals surface area (Å²) in [6, 6.07) is 9.64. The number of nitrogens with one attached hydrogen (secondary N) is 1. The van der Waals surface area contributed by atoms with Crippen LogP contribution in [0.5, 0.6) is 5.75 Å². The average Bonchev–Trinajstić information content (AvgIpc) is 2.55. The van der Waals surface area contributed by atoms with Crippen LogP contribution in [0.2, 0.25) is 0 Å². The predicted molar refractivity (Wildman–Crippen MR) is 78.4 cm³/mol. The SMILES string of the molecule is COC(=O)c1cncc(NCCCOc2ccccc2)n1. The highest BCUT2D eigenvalue weighted by atomic mass is 16.5. The maximum atomic E-state index is 11.3. The predicted octanol–water partition coefficient (Wildman–Crippen LogP) is 2.14. The first-order chi connectivity index (χ1) is 10.3. The number of carbonyl (C=O) groups is 1. The van der Waals surface area contributed by atoms with Crippen molar-refractivity contribution in [3.05, 3.63) is 48.4 Å². The van der Waals surface area contributed by atoms with Gasteiger partial charge in [0.05, 0.1) is 26.1 Å². The van der Waals surface area contributed by atoms with Crippen LogP contribution >= 0.6 is 0 Å². The molecule has 0 saturated heterocycles. The van der Waals surface area contributed by atoms with Gasteiger partial charge in [-0.3, -0.25) is 4.98 Å². The van der Waals surface area contributed by atoms with E-state index < -0.39 is 5.97 Å². The molecule has 2 rings (SSSR count). The van der Waals surface area contributed by atoms with Gasteiger partial charge in [0.1, 0.15) is 11.6 Å². The van der Waals surface area contributed by atoms with Gasteiger partial charge in [-0.1, -0.05) is 18.2 Å². The Morgan fingerprint density at radius 1 is 1.24 bits per heavy atom. The summed E-state index contributed by atoms with van der Waals surface area (Å²) in [5.74, 6) is 0.890. The lowest BCUT2D eigenvalue weighted by molar-refractivity contribution is 0.0593. The van der Waals surface area contributed by atoms with E-state index in [9.17, 15) is 4.79 Å². The Labute approximate surface area is 123 Å². The summed E-state index contributed by atoms with van der Waals surface area (Å²) in [6.07, 6.45) is 3.74. The van der Waals surface area contributed by atoms with Crippen LogP contribution in [0.3, 0.4) is 0 Å². The van der Waals surface area contributed by atoms with Crippen LogP contribution in [0, 0.1) is 0 Å². The molecule has 0 unspecified atom stereocenters. The monoisotopic (exact) mass is 287 g/mol. The molecule has 0 atom stereocenters. The number of anilines is 1. The summed E-state index contributed by atoms with van der Waals surface area (Å²) >= 11 is 0. The van der Waals surface area contributed by atoms with Crippen molar-refractivity contribution < 1.29 is 14.3 Å². The van der Waals surface area contributed by atoms with Crippen molar-refractivity contribution in [3.8, 4) is 5.75 Å². The first-order valence-electron chi connectivity index (χ1n) is 6.61. The Balaban J connectivity index is 1.72. The number of aromatic nitrogens is 2. The summed E-state index contributed by atoms with van der Waals surface area (Å²) in [5, 5.41) is 3.09. The molecule has 1 aromatic carbocycles. The van der Waals surface area contributed by atoms with E-state index in [1.807, 2.05) is 30.3 Å². The van der Waals surface area contributed by atoms with Gasteiger partial charge in [-0.05, 0) is 18.6 Å². The van der Waals surface area contributed by atoms with Crippen molar-refractivity contribution >= 4 is 11.8 Å². The Hall–Kier alpha value is -2.63. The zero-order valence-corrected chi connectivity index (χ0v) is 11.8. The molecule has 0 spiro atoms. The normalized spacial score (nSPS) is 9.95. The molecule has 2 aromatic rings. The zero-order valence-electron chi connectivity index (χ0n) is 11.8. The molecule has 1 heterocycles. The first-order valence-corrected chi connectivity index (χ1v) is 6.61. The maximum Gasteiger partial charge on any atom is 0.358 e. The second kappa shape index (κ2) is 7.84. The second-order valence-electron chi connectivity index (χ2n) is 4.22. The number of rotatable bonds is 7. The van der Waals surface area contributed by atoms with Crippen molar-refractivity contribution in [1.29, 1.82) is 0 Å². The van der Waals surface area contributed by atoms with Gasteiger partial charge in [-0.15, -0.1) is 0 Å². The summed E-state index contributed by atoms with van der Waals surface area (Å²) in [5.41, 5.74) is 0.183. The minimum absolute atomic E-state index is 0.183. The molecule has 6 nitrogen and oxygen atoms in total. The largest absolute Gasteiger partial charge is 0.494 e. The Kier molecular flexibility index (Phi) is 5.51. The molecule has 0 fully saturated rings. The van der Waals surface area contributed by atoms with E-state index in [-0.39, 0.29) is 5.69 Å². The lowest BCUT2D eigenvalue weighted by Gasteiger charge is -2.08. The third kappa shape index (κ3) is 4.76. The molecule has 0 aliphatic rings. The highest BCUT2D eigenvalue weighted by Crippen LogP contribution is 2.08. The van der Waals surface area contributed by atoms with Gasteiger partial charge in [0.15, 0.2) is 5.69 Å². The van der Waals surface area contributed by atoms with E-state index in [1.165, 1.54) is 13.3 Å². The summed E-state index contributed by atoms with van der Waals surface area (Å²) in [6.45, 7) is 1.27. The van der Waals surface area contributed by atoms with Crippen LogP contribution in [0.15, 0.2) is 42.7 Å². The van der Waals surface area contributed by atoms with Crippen LogP contribution in [0.25, 0.3) is 0 Å². The minimum Gasteiger partial charge on any atom is -0.494 e. The van der Waals surface area contributed by atoms with E-state index in [0.717, 1.165) is 12.2 Å². The third-order valence-electron chi connectivity index (χ3n) is 2.67. The fourth-order valence-electron chi connectivity index (χ4n) is 1.65. The molecule has 1 aromatic heterocycles. The number of benzene rings is 1. The molecular weight excluding hydrogens is 270 g/mol. The number of esters is 1. The number of ether oxygens (including phenoxy) is 2. The summed E-state index contributed by atoms with van der Waals surface area (Å²) < 4.78 is 10.2. The Morgan fingerprint density at radius 3 is 2.81 bits per heavy atom. The highest BCUT2D eigenvalue weighted by molar-refractivity contribution is 5.87. The molecular formula is C15H17N3O3. The maximum absolute atomic E-state index is 11.3. The number of hydrogen-bond donors (Lipinski definition) is 1. The van der Waals surface area contributed by atoms with Crippen molar-refractivity contribution in [2.75, 3.05) is 25.6 Å². The third-order valence-corrected chi connectivity index (χ3v) is 2.67.